The van der Waals surface area contributed by atoms with Gasteiger partial charge in [0.15, 0.2) is 0 Å². The molecule has 0 unspecified atom stereocenters. The fourth-order valence-electron chi connectivity index (χ4n) is 4.51. The van der Waals surface area contributed by atoms with Crippen LogP contribution < -0.4 is 21.3 Å². The van der Waals surface area contributed by atoms with E-state index in [0.717, 1.165) is 16.7 Å². The van der Waals surface area contributed by atoms with E-state index in [9.17, 15) is 19.2 Å². The van der Waals surface area contributed by atoms with Gasteiger partial charge in [-0.05, 0) is 74.1 Å². The monoisotopic (exact) mass is 648 g/mol. The van der Waals surface area contributed by atoms with Crippen molar-refractivity contribution in [3.8, 4) is 11.1 Å². The molecular formula is C36H40N8O4. The largest absolute Gasteiger partial charge is 0.345 e. The summed E-state index contributed by atoms with van der Waals surface area (Å²) in [6.45, 7) is 0.469. The maximum Gasteiger partial charge on any atom is 0.253 e. The van der Waals surface area contributed by atoms with E-state index in [1.165, 1.54) is 11.0 Å². The lowest BCUT2D eigenvalue weighted by atomic mass is 10.1. The Morgan fingerprint density at radius 1 is 0.771 bits per heavy atom. The maximum atomic E-state index is 12.7. The SMILES string of the molecule is CN(C)CC=CC(=O)NCC(=O)Nc1cccc(CCC(=O)Nc2cncc(Nc3ccc(-c4ccc(C(=O)N(C)C)cc4)cn3)c2)c1. The first-order chi connectivity index (χ1) is 23.0. The molecule has 0 radical (unpaired) electrons. The first-order valence-corrected chi connectivity index (χ1v) is 15.3. The molecule has 4 N–H and O–H groups in total. The summed E-state index contributed by atoms with van der Waals surface area (Å²) in [7, 11) is 7.23. The topological polar surface area (TPSA) is 149 Å². The first kappa shape index (κ1) is 35.0. The van der Waals surface area contributed by atoms with E-state index in [-0.39, 0.29) is 36.6 Å². The normalized spacial score (nSPS) is 10.9. The second-order valence-corrected chi connectivity index (χ2v) is 11.5. The Bertz CT molecular complexity index is 1750. The fourth-order valence-corrected chi connectivity index (χ4v) is 4.51. The summed E-state index contributed by atoms with van der Waals surface area (Å²) in [5.74, 6) is -0.323. The van der Waals surface area contributed by atoms with Gasteiger partial charge in [-0.25, -0.2) is 4.98 Å². The van der Waals surface area contributed by atoms with Crippen LogP contribution in [-0.4, -0.2) is 84.7 Å². The number of nitrogens with one attached hydrogen (secondary N) is 4. The van der Waals surface area contributed by atoms with E-state index in [2.05, 4.69) is 31.2 Å². The molecule has 2 heterocycles. The van der Waals surface area contributed by atoms with Crippen LogP contribution in [0.1, 0.15) is 22.3 Å². The highest BCUT2D eigenvalue weighted by Gasteiger charge is 2.10. The zero-order valence-electron chi connectivity index (χ0n) is 27.5. The summed E-state index contributed by atoms with van der Waals surface area (Å²) in [4.78, 5) is 61.2. The first-order valence-electron chi connectivity index (χ1n) is 15.3. The number of hydrogen-bond acceptors (Lipinski definition) is 8. The zero-order valence-corrected chi connectivity index (χ0v) is 27.5. The highest BCUT2D eigenvalue weighted by molar-refractivity contribution is 5.97. The molecule has 0 aliphatic carbocycles. The van der Waals surface area contributed by atoms with Gasteiger partial charge in [-0.1, -0.05) is 30.3 Å². The molecule has 0 aliphatic rings. The van der Waals surface area contributed by atoms with Gasteiger partial charge in [0.25, 0.3) is 5.91 Å². The quantitative estimate of drug-likeness (QED) is 0.148. The average Bonchev–Trinajstić information content (AvgIpc) is 3.07. The zero-order chi connectivity index (χ0) is 34.5. The van der Waals surface area contributed by atoms with Crippen molar-refractivity contribution < 1.29 is 19.2 Å². The third-order valence-electron chi connectivity index (χ3n) is 6.94. The van der Waals surface area contributed by atoms with Crippen molar-refractivity contribution in [1.82, 2.24) is 25.1 Å². The molecular weight excluding hydrogens is 608 g/mol. The molecule has 2 aromatic heterocycles. The average molecular weight is 649 g/mol. The summed E-state index contributed by atoms with van der Waals surface area (Å²) in [6.07, 6.45) is 8.74. The molecule has 0 fully saturated rings. The number of rotatable bonds is 14. The van der Waals surface area contributed by atoms with Crippen molar-refractivity contribution in [2.45, 2.75) is 12.8 Å². The van der Waals surface area contributed by atoms with E-state index >= 15 is 0 Å². The van der Waals surface area contributed by atoms with E-state index < -0.39 is 0 Å². The predicted molar refractivity (Wildman–Crippen MR) is 188 cm³/mol. The Kier molecular flexibility index (Phi) is 12.5. The minimum atomic E-state index is -0.351. The van der Waals surface area contributed by atoms with Gasteiger partial charge in [0.1, 0.15) is 5.82 Å². The number of carbonyl (C=O) groups is 4. The molecule has 0 saturated carbocycles. The number of likely N-dealkylation sites (N-methyl/N-ethyl adjacent to an activating group) is 1. The van der Waals surface area contributed by atoms with Crippen LogP contribution in [0.5, 0.6) is 0 Å². The van der Waals surface area contributed by atoms with Crippen LogP contribution in [0.4, 0.5) is 22.9 Å². The van der Waals surface area contributed by atoms with Gasteiger partial charge in [-0.2, -0.15) is 0 Å². The lowest BCUT2D eigenvalue weighted by Gasteiger charge is -2.11. The van der Waals surface area contributed by atoms with Crippen LogP contribution in [-0.2, 0) is 20.8 Å². The number of nitrogens with zero attached hydrogens (tertiary/aromatic N) is 4. The van der Waals surface area contributed by atoms with Crippen LogP contribution in [0.15, 0.2) is 97.5 Å². The van der Waals surface area contributed by atoms with Crippen LogP contribution in [0.3, 0.4) is 0 Å². The third-order valence-corrected chi connectivity index (χ3v) is 6.94. The van der Waals surface area contributed by atoms with Crippen LogP contribution in [0, 0.1) is 0 Å². The second-order valence-electron chi connectivity index (χ2n) is 11.5. The van der Waals surface area contributed by atoms with Crippen molar-refractivity contribution >= 4 is 46.5 Å². The van der Waals surface area contributed by atoms with Crippen molar-refractivity contribution in [2.24, 2.45) is 0 Å². The van der Waals surface area contributed by atoms with E-state index in [1.54, 1.807) is 75.2 Å². The summed E-state index contributed by atoms with van der Waals surface area (Å²) < 4.78 is 0. The molecule has 4 rings (SSSR count). The summed E-state index contributed by atoms with van der Waals surface area (Å²) in [5, 5.41) is 11.4. The molecule has 12 heteroatoms. The van der Waals surface area contributed by atoms with Crippen molar-refractivity contribution in [1.29, 1.82) is 0 Å². The Labute approximate surface area is 280 Å². The van der Waals surface area contributed by atoms with Crippen molar-refractivity contribution in [3.05, 3.63) is 109 Å². The van der Waals surface area contributed by atoms with Gasteiger partial charge in [-0.3, -0.25) is 24.2 Å². The van der Waals surface area contributed by atoms with Gasteiger partial charge in [0.05, 0.1) is 30.3 Å². The molecule has 4 amide bonds. The summed E-state index contributed by atoms with van der Waals surface area (Å²) in [6, 6.07) is 20.2. The van der Waals surface area contributed by atoms with Gasteiger partial charge >= 0.3 is 0 Å². The lowest BCUT2D eigenvalue weighted by Crippen LogP contribution is -2.31. The van der Waals surface area contributed by atoms with E-state index in [0.29, 0.717) is 41.4 Å². The van der Waals surface area contributed by atoms with Crippen LogP contribution in [0.25, 0.3) is 11.1 Å². The fraction of sp³-hybridized carbons (Fsp3) is 0.222. The molecule has 48 heavy (non-hydrogen) atoms. The second kappa shape index (κ2) is 17.2. The van der Waals surface area contributed by atoms with Gasteiger partial charge < -0.3 is 31.1 Å². The number of aryl methyl sites for hydroxylation is 1. The highest BCUT2D eigenvalue weighted by atomic mass is 16.2. The van der Waals surface area contributed by atoms with Gasteiger partial charge in [-0.15, -0.1) is 0 Å². The predicted octanol–water partition coefficient (Wildman–Crippen LogP) is 4.33. The number of pyridine rings is 2. The molecule has 248 valence electrons. The number of benzene rings is 2. The number of anilines is 4. The number of hydrogen-bond donors (Lipinski definition) is 4. The third kappa shape index (κ3) is 11.2. The summed E-state index contributed by atoms with van der Waals surface area (Å²) in [5.41, 5.74) is 5.11. The van der Waals surface area contributed by atoms with E-state index in [4.69, 9.17) is 0 Å². The molecule has 12 nitrogen and oxygen atoms in total. The molecule has 0 aliphatic heterocycles. The van der Waals surface area contributed by atoms with Gasteiger partial charge in [0.2, 0.25) is 17.7 Å². The van der Waals surface area contributed by atoms with E-state index in [1.807, 2.05) is 49.3 Å². The minimum absolute atomic E-state index is 0.0522. The van der Waals surface area contributed by atoms with Crippen LogP contribution in [0.2, 0.25) is 0 Å². The molecule has 0 spiro atoms. The maximum absolute atomic E-state index is 12.7. The molecule has 0 saturated heterocycles. The standard InChI is InChI=1S/C36H40N8O4/c1-43(2)18-6-9-33(45)39-24-35(47)41-29-8-5-7-25(19-29)10-17-34(46)42-31-20-30(22-37-23-31)40-32-16-15-28(21-38-32)26-11-13-27(14-12-26)36(48)44(3)4/h5-9,11-16,19-23H,10,17-18,24H2,1-4H3,(H,38,40)(H,39,45)(H,41,47)(H,42,46). The van der Waals surface area contributed by atoms with Crippen molar-refractivity contribution in [2.75, 3.05) is 57.2 Å². The molecule has 2 aromatic carbocycles. The van der Waals surface area contributed by atoms with Crippen molar-refractivity contribution in [3.63, 3.8) is 0 Å². The smallest absolute Gasteiger partial charge is 0.253 e. The Morgan fingerprint density at radius 2 is 1.50 bits per heavy atom. The number of carbonyl (C=O) groups excluding carboxylic acids is 4. The number of amides is 4. The number of aromatic nitrogens is 2. The molecule has 4 aromatic rings. The van der Waals surface area contributed by atoms with Crippen LogP contribution >= 0.6 is 0 Å². The molecule has 0 bridgehead atoms. The Hall–Kier alpha value is -5.88. The minimum Gasteiger partial charge on any atom is -0.345 e. The highest BCUT2D eigenvalue weighted by Crippen LogP contribution is 2.23. The van der Waals surface area contributed by atoms with Gasteiger partial charge in [0, 0.05) is 56.1 Å². The Morgan fingerprint density at radius 3 is 2.21 bits per heavy atom. The lowest BCUT2D eigenvalue weighted by molar-refractivity contribution is -0.121. The Balaban J connectivity index is 1.24. The summed E-state index contributed by atoms with van der Waals surface area (Å²) >= 11 is 0. The molecule has 0 atom stereocenters.